The number of aliphatic hydroxyl groups excluding tert-OH is 2. The van der Waals surface area contributed by atoms with Crippen LogP contribution in [0.1, 0.15) is 39.5 Å². The first kappa shape index (κ1) is 14.2. The Balaban J connectivity index is 0.000000265. The Morgan fingerprint density at radius 1 is 0.867 bits per heavy atom. The summed E-state index contributed by atoms with van der Waals surface area (Å²) in [5.41, 5.74) is 0. The van der Waals surface area contributed by atoms with Gasteiger partial charge in [-0.3, -0.25) is 0 Å². The molecule has 3 nitrogen and oxygen atoms in total. The Labute approximate surface area is 92.1 Å². The molecule has 1 saturated carbocycles. The number of ether oxygens (including phenoxy) is 1. The lowest BCUT2D eigenvalue weighted by atomic mass is 9.95. The molecule has 0 bridgehead atoms. The number of aliphatic hydroxyl groups is 2. The quantitative estimate of drug-likeness (QED) is 0.694. The van der Waals surface area contributed by atoms with Crippen molar-refractivity contribution in [1.29, 1.82) is 0 Å². The summed E-state index contributed by atoms with van der Waals surface area (Å²) in [5.74, 6) is 0. The highest BCUT2D eigenvalue weighted by atomic mass is 16.5. The summed E-state index contributed by atoms with van der Waals surface area (Å²) in [6.07, 6.45) is 9.75. The van der Waals surface area contributed by atoms with Crippen molar-refractivity contribution in [3.8, 4) is 0 Å². The molecular formula is C12H22O3. The third kappa shape index (κ3) is 9.50. The Hall–Kier alpha value is -0.800. The standard InChI is InChI=1S/C6H12O2.C6H10O/c7-5-1-2-6(8)4-3-5;1-3-5-7-6-4-2/h5-8H,1-4H2;3-6H,1-2H3/b;5-3-,6-4-. The van der Waals surface area contributed by atoms with Gasteiger partial charge < -0.3 is 14.9 Å². The fourth-order valence-electron chi connectivity index (χ4n) is 1.26. The first-order valence-corrected chi connectivity index (χ1v) is 5.44. The zero-order valence-electron chi connectivity index (χ0n) is 9.60. The van der Waals surface area contributed by atoms with Gasteiger partial charge in [0.1, 0.15) is 0 Å². The molecule has 0 heterocycles. The summed E-state index contributed by atoms with van der Waals surface area (Å²) in [5, 5.41) is 17.8. The van der Waals surface area contributed by atoms with Crippen LogP contribution >= 0.6 is 0 Å². The molecule has 15 heavy (non-hydrogen) atoms. The summed E-state index contributed by atoms with van der Waals surface area (Å²) in [6, 6.07) is 0. The Morgan fingerprint density at radius 2 is 1.20 bits per heavy atom. The lowest BCUT2D eigenvalue weighted by Crippen LogP contribution is -2.21. The van der Waals surface area contributed by atoms with E-state index < -0.39 is 0 Å². The fraction of sp³-hybridized carbons (Fsp3) is 0.667. The van der Waals surface area contributed by atoms with Crippen molar-refractivity contribution in [3.05, 3.63) is 24.7 Å². The maximum atomic E-state index is 8.92. The van der Waals surface area contributed by atoms with Crippen LogP contribution < -0.4 is 0 Å². The lowest BCUT2D eigenvalue weighted by Gasteiger charge is -2.20. The van der Waals surface area contributed by atoms with Crippen LogP contribution in [0.15, 0.2) is 24.7 Å². The molecule has 1 aliphatic rings. The van der Waals surface area contributed by atoms with Crippen molar-refractivity contribution in [2.24, 2.45) is 0 Å². The van der Waals surface area contributed by atoms with Crippen LogP contribution in [0.4, 0.5) is 0 Å². The minimum absolute atomic E-state index is 0.140. The van der Waals surface area contributed by atoms with Crippen molar-refractivity contribution in [3.63, 3.8) is 0 Å². The highest BCUT2D eigenvalue weighted by Gasteiger charge is 2.15. The molecule has 88 valence electrons. The number of rotatable bonds is 2. The SMILES string of the molecule is C/C=C\O/C=C\C.OC1CCC(O)CC1. The van der Waals surface area contributed by atoms with Crippen LogP contribution in [0, 0.1) is 0 Å². The third-order valence-electron chi connectivity index (χ3n) is 2.10. The highest BCUT2D eigenvalue weighted by Crippen LogP contribution is 2.17. The second kappa shape index (κ2) is 9.74. The second-order valence-corrected chi connectivity index (χ2v) is 3.54. The molecule has 1 fully saturated rings. The summed E-state index contributed by atoms with van der Waals surface area (Å²) in [7, 11) is 0. The molecule has 0 atom stereocenters. The fourth-order valence-corrected chi connectivity index (χ4v) is 1.26. The van der Waals surface area contributed by atoms with Gasteiger partial charge in [0, 0.05) is 0 Å². The minimum atomic E-state index is -0.140. The summed E-state index contributed by atoms with van der Waals surface area (Å²) in [6.45, 7) is 3.81. The predicted octanol–water partition coefficient (Wildman–Crippen LogP) is 2.35. The molecule has 3 heteroatoms. The van der Waals surface area contributed by atoms with Gasteiger partial charge in [-0.2, -0.15) is 0 Å². The number of hydrogen-bond donors (Lipinski definition) is 2. The average molecular weight is 214 g/mol. The van der Waals surface area contributed by atoms with Crippen LogP contribution in [-0.2, 0) is 4.74 Å². The van der Waals surface area contributed by atoms with E-state index in [1.165, 1.54) is 0 Å². The normalized spacial score (nSPS) is 26.4. The number of allylic oxidation sites excluding steroid dienone is 2. The first-order valence-electron chi connectivity index (χ1n) is 5.44. The smallest absolute Gasteiger partial charge is 0.0858 e. The predicted molar refractivity (Wildman–Crippen MR) is 61.2 cm³/mol. The molecule has 0 aromatic rings. The van der Waals surface area contributed by atoms with Crippen LogP contribution in [0.3, 0.4) is 0 Å². The van der Waals surface area contributed by atoms with E-state index in [0.717, 1.165) is 25.7 Å². The molecule has 1 rings (SSSR count). The van der Waals surface area contributed by atoms with Crippen molar-refractivity contribution >= 4 is 0 Å². The van der Waals surface area contributed by atoms with Crippen LogP contribution in [-0.4, -0.2) is 22.4 Å². The molecular weight excluding hydrogens is 192 g/mol. The van der Waals surface area contributed by atoms with Crippen molar-refractivity contribution in [2.45, 2.75) is 51.7 Å². The van der Waals surface area contributed by atoms with Crippen LogP contribution in [0.2, 0.25) is 0 Å². The van der Waals surface area contributed by atoms with E-state index in [9.17, 15) is 0 Å². The van der Waals surface area contributed by atoms with E-state index in [1.807, 2.05) is 26.0 Å². The van der Waals surface area contributed by atoms with E-state index in [-0.39, 0.29) is 12.2 Å². The first-order chi connectivity index (χ1) is 7.20. The van der Waals surface area contributed by atoms with Gasteiger partial charge in [0.15, 0.2) is 0 Å². The van der Waals surface area contributed by atoms with Gasteiger partial charge in [-0.25, -0.2) is 0 Å². The maximum Gasteiger partial charge on any atom is 0.0858 e. The van der Waals surface area contributed by atoms with Gasteiger partial charge in [-0.05, 0) is 39.5 Å². The summed E-state index contributed by atoms with van der Waals surface area (Å²) >= 11 is 0. The largest absolute Gasteiger partial charge is 0.473 e. The van der Waals surface area contributed by atoms with Gasteiger partial charge >= 0.3 is 0 Å². The number of hydrogen-bond acceptors (Lipinski definition) is 3. The highest BCUT2D eigenvalue weighted by molar-refractivity contribution is 4.73. The molecule has 0 saturated heterocycles. The van der Waals surface area contributed by atoms with E-state index >= 15 is 0 Å². The van der Waals surface area contributed by atoms with Crippen LogP contribution in [0.5, 0.6) is 0 Å². The monoisotopic (exact) mass is 214 g/mol. The lowest BCUT2D eigenvalue weighted by molar-refractivity contribution is 0.0541. The summed E-state index contributed by atoms with van der Waals surface area (Å²) < 4.78 is 4.77. The molecule has 0 aromatic carbocycles. The van der Waals surface area contributed by atoms with Crippen molar-refractivity contribution in [1.82, 2.24) is 0 Å². The molecule has 0 aromatic heterocycles. The van der Waals surface area contributed by atoms with Gasteiger partial charge in [0.2, 0.25) is 0 Å². The summed E-state index contributed by atoms with van der Waals surface area (Å²) in [4.78, 5) is 0. The van der Waals surface area contributed by atoms with Gasteiger partial charge in [-0.1, -0.05) is 12.2 Å². The zero-order chi connectivity index (χ0) is 11.5. The van der Waals surface area contributed by atoms with Crippen LogP contribution in [0.25, 0.3) is 0 Å². The van der Waals surface area contributed by atoms with E-state index in [2.05, 4.69) is 0 Å². The topological polar surface area (TPSA) is 49.7 Å². The molecule has 0 radical (unpaired) electrons. The van der Waals surface area contributed by atoms with Crippen molar-refractivity contribution < 1.29 is 14.9 Å². The van der Waals surface area contributed by atoms with Gasteiger partial charge in [-0.15, -0.1) is 0 Å². The average Bonchev–Trinajstić information content (AvgIpc) is 2.24. The van der Waals surface area contributed by atoms with E-state index in [4.69, 9.17) is 14.9 Å². The van der Waals surface area contributed by atoms with E-state index in [0.29, 0.717) is 0 Å². The van der Waals surface area contributed by atoms with Gasteiger partial charge in [0.05, 0.1) is 24.7 Å². The van der Waals surface area contributed by atoms with Gasteiger partial charge in [0.25, 0.3) is 0 Å². The van der Waals surface area contributed by atoms with E-state index in [1.54, 1.807) is 12.5 Å². The molecule has 2 N–H and O–H groups in total. The zero-order valence-corrected chi connectivity index (χ0v) is 9.60. The van der Waals surface area contributed by atoms with Crippen molar-refractivity contribution in [2.75, 3.05) is 0 Å². The Kier molecular flexibility index (Phi) is 9.22. The Morgan fingerprint density at radius 3 is 1.47 bits per heavy atom. The maximum absolute atomic E-state index is 8.92. The molecule has 0 amide bonds. The third-order valence-corrected chi connectivity index (χ3v) is 2.10. The second-order valence-electron chi connectivity index (χ2n) is 3.54. The molecule has 0 spiro atoms. The molecule has 1 aliphatic carbocycles. The molecule has 0 unspecified atom stereocenters. The minimum Gasteiger partial charge on any atom is -0.473 e. The molecule has 0 aliphatic heterocycles. The Bertz CT molecular complexity index is 159.